The average Bonchev–Trinajstić information content (AvgIpc) is 2.95. The predicted octanol–water partition coefficient (Wildman–Crippen LogP) is 5.80. The van der Waals surface area contributed by atoms with Crippen molar-refractivity contribution in [2.24, 2.45) is 0 Å². The number of ether oxygens (including phenoxy) is 1. The zero-order valence-electron chi connectivity index (χ0n) is 16.4. The molecule has 29 heavy (non-hydrogen) atoms. The van der Waals surface area contributed by atoms with E-state index >= 15 is 0 Å². The van der Waals surface area contributed by atoms with Gasteiger partial charge in [-0.15, -0.1) is 0 Å². The van der Waals surface area contributed by atoms with E-state index in [1.807, 2.05) is 0 Å². The zero-order chi connectivity index (χ0) is 21.5. The van der Waals surface area contributed by atoms with Crippen LogP contribution in [0, 0.1) is 20.8 Å². The lowest BCUT2D eigenvalue weighted by Gasteiger charge is -2.19. The predicted molar refractivity (Wildman–Crippen MR) is 104 cm³/mol. The van der Waals surface area contributed by atoms with Crippen LogP contribution in [-0.2, 0) is 6.18 Å². The Labute approximate surface area is 166 Å². The van der Waals surface area contributed by atoms with Crippen molar-refractivity contribution >= 4 is 5.97 Å². The van der Waals surface area contributed by atoms with Crippen LogP contribution in [0.3, 0.4) is 0 Å². The molecule has 152 valence electrons. The number of benzene rings is 2. The minimum atomic E-state index is -4.61. The Morgan fingerprint density at radius 1 is 1.03 bits per heavy atom. The van der Waals surface area contributed by atoms with Crippen LogP contribution in [0.25, 0.3) is 16.8 Å². The summed E-state index contributed by atoms with van der Waals surface area (Å²) in [5.41, 5.74) is 1.57. The molecule has 1 N–H and O–H groups in total. The quantitative estimate of drug-likeness (QED) is 0.599. The molecule has 2 aromatic carbocycles. The third-order valence-corrected chi connectivity index (χ3v) is 4.95. The van der Waals surface area contributed by atoms with Crippen LogP contribution in [-0.4, -0.2) is 22.8 Å². The van der Waals surface area contributed by atoms with Crippen molar-refractivity contribution in [2.45, 2.75) is 26.9 Å². The fraction of sp³-hybridized carbons (Fsp3) is 0.227. The second-order valence-electron chi connectivity index (χ2n) is 6.84. The summed E-state index contributed by atoms with van der Waals surface area (Å²) < 4.78 is 48.3. The van der Waals surface area contributed by atoms with Crippen molar-refractivity contribution in [1.82, 2.24) is 4.57 Å². The molecule has 3 rings (SSSR count). The second-order valence-corrected chi connectivity index (χ2v) is 6.84. The highest BCUT2D eigenvalue weighted by atomic mass is 19.4. The zero-order valence-corrected chi connectivity index (χ0v) is 16.4. The molecule has 0 aliphatic rings. The standard InChI is InChI=1S/C22H20F3NO3/c1-12-9-16(29-4)6-7-17(12)15-5-8-20(19(11-15)22(23,24)25)26-13(2)10-18(14(26)3)21(27)28/h5-11H,1-4H3,(H,27,28). The molecule has 1 heterocycles. The van der Waals surface area contributed by atoms with E-state index in [2.05, 4.69) is 0 Å². The van der Waals surface area contributed by atoms with Crippen molar-refractivity contribution in [3.05, 3.63) is 70.5 Å². The van der Waals surface area contributed by atoms with Gasteiger partial charge in [0.15, 0.2) is 0 Å². The molecular formula is C22H20F3NO3. The second kappa shape index (κ2) is 7.31. The van der Waals surface area contributed by atoms with E-state index in [1.165, 1.54) is 30.7 Å². The Morgan fingerprint density at radius 3 is 2.24 bits per heavy atom. The van der Waals surface area contributed by atoms with Crippen LogP contribution >= 0.6 is 0 Å². The summed E-state index contributed by atoms with van der Waals surface area (Å²) >= 11 is 0. The Bertz CT molecular complexity index is 1100. The molecule has 4 nitrogen and oxygen atoms in total. The Balaban J connectivity index is 2.23. The van der Waals surface area contributed by atoms with Crippen LogP contribution in [0.5, 0.6) is 5.75 Å². The molecular weight excluding hydrogens is 383 g/mol. The molecule has 7 heteroatoms. The lowest BCUT2D eigenvalue weighted by atomic mass is 9.97. The number of hydrogen-bond acceptors (Lipinski definition) is 2. The lowest BCUT2D eigenvalue weighted by Crippen LogP contribution is -2.13. The van der Waals surface area contributed by atoms with Gasteiger partial charge in [0.05, 0.1) is 23.9 Å². The van der Waals surface area contributed by atoms with Gasteiger partial charge in [0.25, 0.3) is 0 Å². The van der Waals surface area contributed by atoms with Crippen LogP contribution in [0.15, 0.2) is 42.5 Å². The fourth-order valence-corrected chi connectivity index (χ4v) is 3.56. The van der Waals surface area contributed by atoms with E-state index in [4.69, 9.17) is 4.74 Å². The van der Waals surface area contributed by atoms with Gasteiger partial charge in [0.2, 0.25) is 0 Å². The molecule has 0 saturated heterocycles. The summed E-state index contributed by atoms with van der Waals surface area (Å²) in [6, 6.07) is 10.6. The smallest absolute Gasteiger partial charge is 0.418 e. The third kappa shape index (κ3) is 3.72. The molecule has 0 atom stereocenters. The van der Waals surface area contributed by atoms with Crippen molar-refractivity contribution in [3.63, 3.8) is 0 Å². The van der Waals surface area contributed by atoms with Gasteiger partial charge >= 0.3 is 12.1 Å². The highest BCUT2D eigenvalue weighted by molar-refractivity contribution is 5.89. The number of aromatic nitrogens is 1. The van der Waals surface area contributed by atoms with Gasteiger partial charge in [-0.05, 0) is 67.8 Å². The van der Waals surface area contributed by atoms with E-state index in [1.54, 1.807) is 38.1 Å². The van der Waals surface area contributed by atoms with Crippen LogP contribution < -0.4 is 4.74 Å². The average molecular weight is 403 g/mol. The summed E-state index contributed by atoms with van der Waals surface area (Å²) in [6.07, 6.45) is -4.61. The number of carboxylic acid groups (broad SMARTS) is 1. The normalized spacial score (nSPS) is 11.6. The first-order valence-corrected chi connectivity index (χ1v) is 8.83. The number of carboxylic acids is 1. The first-order chi connectivity index (χ1) is 13.5. The molecule has 0 saturated carbocycles. The first kappa shape index (κ1) is 20.5. The molecule has 0 unspecified atom stereocenters. The number of hydrogen-bond donors (Lipinski definition) is 1. The molecule has 0 radical (unpaired) electrons. The number of alkyl halides is 3. The molecule has 3 aromatic rings. The maximum atomic E-state index is 13.9. The van der Waals surface area contributed by atoms with Gasteiger partial charge in [0.1, 0.15) is 5.75 Å². The number of carbonyl (C=O) groups is 1. The molecule has 0 fully saturated rings. The van der Waals surface area contributed by atoms with Crippen molar-refractivity contribution < 1.29 is 27.8 Å². The topological polar surface area (TPSA) is 51.5 Å². The largest absolute Gasteiger partial charge is 0.497 e. The van der Waals surface area contributed by atoms with Crippen LogP contribution in [0.2, 0.25) is 0 Å². The minimum absolute atomic E-state index is 0.0225. The Kier molecular flexibility index (Phi) is 5.17. The number of nitrogens with zero attached hydrogens (tertiary/aromatic N) is 1. The Morgan fingerprint density at radius 2 is 1.72 bits per heavy atom. The summed E-state index contributed by atoms with van der Waals surface area (Å²) in [7, 11) is 1.53. The molecule has 0 spiro atoms. The van der Waals surface area contributed by atoms with E-state index in [-0.39, 0.29) is 16.9 Å². The van der Waals surface area contributed by atoms with E-state index in [0.29, 0.717) is 22.6 Å². The fourth-order valence-electron chi connectivity index (χ4n) is 3.56. The Hall–Kier alpha value is -3.22. The van der Waals surface area contributed by atoms with Gasteiger partial charge < -0.3 is 14.4 Å². The summed E-state index contributed by atoms with van der Waals surface area (Å²) in [5, 5.41) is 9.30. The highest BCUT2D eigenvalue weighted by Gasteiger charge is 2.35. The van der Waals surface area contributed by atoms with Crippen molar-refractivity contribution in [2.75, 3.05) is 7.11 Å². The SMILES string of the molecule is COc1ccc(-c2ccc(-n3c(C)cc(C(=O)O)c3C)c(C(F)(F)F)c2)c(C)c1. The van der Waals surface area contributed by atoms with Gasteiger partial charge in [-0.2, -0.15) is 13.2 Å². The minimum Gasteiger partial charge on any atom is -0.497 e. The number of aryl methyl sites for hydroxylation is 2. The number of halogens is 3. The highest BCUT2D eigenvalue weighted by Crippen LogP contribution is 2.39. The molecule has 0 aliphatic heterocycles. The van der Waals surface area contributed by atoms with Crippen molar-refractivity contribution in [3.8, 4) is 22.6 Å². The van der Waals surface area contributed by atoms with Gasteiger partial charge in [0, 0.05) is 11.4 Å². The van der Waals surface area contributed by atoms with E-state index in [0.717, 1.165) is 11.6 Å². The molecule has 0 amide bonds. The number of methoxy groups -OCH3 is 1. The lowest BCUT2D eigenvalue weighted by molar-refractivity contribution is -0.137. The molecule has 0 aliphatic carbocycles. The van der Waals surface area contributed by atoms with Crippen molar-refractivity contribution in [1.29, 1.82) is 0 Å². The van der Waals surface area contributed by atoms with Gasteiger partial charge in [-0.25, -0.2) is 4.79 Å². The maximum absolute atomic E-state index is 13.9. The first-order valence-electron chi connectivity index (χ1n) is 8.83. The van der Waals surface area contributed by atoms with Gasteiger partial charge in [-0.3, -0.25) is 0 Å². The van der Waals surface area contributed by atoms with Crippen LogP contribution in [0.4, 0.5) is 13.2 Å². The number of aromatic carboxylic acids is 1. The summed E-state index contributed by atoms with van der Waals surface area (Å²) in [6.45, 7) is 4.89. The van der Waals surface area contributed by atoms with E-state index < -0.39 is 17.7 Å². The molecule has 1 aromatic heterocycles. The maximum Gasteiger partial charge on any atom is 0.418 e. The summed E-state index contributed by atoms with van der Waals surface area (Å²) in [5.74, 6) is -0.554. The third-order valence-electron chi connectivity index (χ3n) is 4.95. The monoisotopic (exact) mass is 403 g/mol. The van der Waals surface area contributed by atoms with E-state index in [9.17, 15) is 23.1 Å². The summed E-state index contributed by atoms with van der Waals surface area (Å²) in [4.78, 5) is 11.4. The molecule has 0 bridgehead atoms. The van der Waals surface area contributed by atoms with Crippen LogP contribution in [0.1, 0.15) is 32.9 Å². The van der Waals surface area contributed by atoms with Gasteiger partial charge in [-0.1, -0.05) is 12.1 Å². The number of rotatable bonds is 4.